The van der Waals surface area contributed by atoms with Crippen molar-refractivity contribution in [3.63, 3.8) is 0 Å². The molecule has 0 unspecified atom stereocenters. The van der Waals surface area contributed by atoms with Crippen molar-refractivity contribution in [2.75, 3.05) is 46.9 Å². The highest BCUT2D eigenvalue weighted by atomic mass is 16.5. The molecule has 2 N–H and O–H groups in total. The number of carbonyl (C=O) groups is 2. The minimum atomic E-state index is -0.295. The van der Waals surface area contributed by atoms with E-state index in [-0.39, 0.29) is 23.8 Å². The maximum Gasteiger partial charge on any atom is 0.239 e. The van der Waals surface area contributed by atoms with Crippen LogP contribution in [-0.4, -0.2) is 63.7 Å². The van der Waals surface area contributed by atoms with Crippen LogP contribution in [0.1, 0.15) is 32.6 Å². The summed E-state index contributed by atoms with van der Waals surface area (Å²) in [6.07, 6.45) is 3.31. The second kappa shape index (κ2) is 9.00. The van der Waals surface area contributed by atoms with E-state index in [2.05, 4.69) is 17.6 Å². The normalized spacial score (nSPS) is 17.3. The first-order valence-corrected chi connectivity index (χ1v) is 7.77. The highest BCUT2D eigenvalue weighted by Gasteiger charge is 2.39. The number of piperidine rings is 1. The van der Waals surface area contributed by atoms with Gasteiger partial charge >= 0.3 is 0 Å². The van der Waals surface area contributed by atoms with Crippen LogP contribution in [0, 0.1) is 5.41 Å². The van der Waals surface area contributed by atoms with Crippen LogP contribution in [-0.2, 0) is 14.3 Å². The minimum Gasteiger partial charge on any atom is -0.385 e. The van der Waals surface area contributed by atoms with Gasteiger partial charge in [0.15, 0.2) is 0 Å². The average molecular weight is 299 g/mol. The Morgan fingerprint density at radius 3 is 2.57 bits per heavy atom. The highest BCUT2D eigenvalue weighted by Crippen LogP contribution is 2.34. The minimum absolute atomic E-state index is 0.0959. The van der Waals surface area contributed by atoms with Gasteiger partial charge in [0, 0.05) is 27.3 Å². The molecule has 0 radical (unpaired) electrons. The molecule has 1 heterocycles. The van der Waals surface area contributed by atoms with Gasteiger partial charge in [-0.3, -0.25) is 9.59 Å². The molecule has 0 atom stereocenters. The SMILES string of the molecule is CCC1(C(=O)N(C)CC(=O)NCCCOC)CCNCC1. The third kappa shape index (κ3) is 5.28. The summed E-state index contributed by atoms with van der Waals surface area (Å²) in [7, 11) is 3.36. The Hall–Kier alpha value is -1.14. The fourth-order valence-corrected chi connectivity index (χ4v) is 2.82. The summed E-state index contributed by atoms with van der Waals surface area (Å²) in [5.41, 5.74) is -0.295. The van der Waals surface area contributed by atoms with Crippen LogP contribution in [0.5, 0.6) is 0 Å². The number of likely N-dealkylation sites (N-methyl/N-ethyl adjacent to an activating group) is 1. The zero-order valence-corrected chi connectivity index (χ0v) is 13.5. The van der Waals surface area contributed by atoms with Crippen molar-refractivity contribution in [1.82, 2.24) is 15.5 Å². The number of rotatable bonds is 8. The maximum atomic E-state index is 12.7. The van der Waals surface area contributed by atoms with Crippen LogP contribution in [0.2, 0.25) is 0 Å². The Labute approximate surface area is 127 Å². The monoisotopic (exact) mass is 299 g/mol. The maximum absolute atomic E-state index is 12.7. The van der Waals surface area contributed by atoms with Gasteiger partial charge in [-0.15, -0.1) is 0 Å². The van der Waals surface area contributed by atoms with Gasteiger partial charge in [0.05, 0.1) is 12.0 Å². The quantitative estimate of drug-likeness (QED) is 0.636. The van der Waals surface area contributed by atoms with Crippen molar-refractivity contribution >= 4 is 11.8 Å². The topological polar surface area (TPSA) is 70.7 Å². The summed E-state index contributed by atoms with van der Waals surface area (Å²) in [6, 6.07) is 0. The number of carbonyl (C=O) groups excluding carboxylic acids is 2. The first-order chi connectivity index (χ1) is 10.1. The van der Waals surface area contributed by atoms with Gasteiger partial charge in [-0.1, -0.05) is 6.92 Å². The lowest BCUT2D eigenvalue weighted by Crippen LogP contribution is -2.50. The fraction of sp³-hybridized carbons (Fsp3) is 0.867. The largest absolute Gasteiger partial charge is 0.385 e. The van der Waals surface area contributed by atoms with Crippen molar-refractivity contribution < 1.29 is 14.3 Å². The Kier molecular flexibility index (Phi) is 7.67. The van der Waals surface area contributed by atoms with Crippen molar-refractivity contribution in [2.24, 2.45) is 5.41 Å². The molecule has 6 nitrogen and oxygen atoms in total. The summed E-state index contributed by atoms with van der Waals surface area (Å²) in [5, 5.41) is 6.10. The Bertz CT molecular complexity index is 341. The highest BCUT2D eigenvalue weighted by molar-refractivity contribution is 5.87. The molecule has 0 saturated carbocycles. The molecule has 122 valence electrons. The molecular weight excluding hydrogens is 270 g/mol. The summed E-state index contributed by atoms with van der Waals surface area (Å²) >= 11 is 0. The molecule has 1 aliphatic heterocycles. The average Bonchev–Trinajstić information content (AvgIpc) is 2.51. The second-order valence-electron chi connectivity index (χ2n) is 5.74. The lowest BCUT2D eigenvalue weighted by atomic mass is 9.75. The van der Waals surface area contributed by atoms with E-state index in [0.717, 1.165) is 38.8 Å². The number of nitrogens with one attached hydrogen (secondary N) is 2. The van der Waals surface area contributed by atoms with E-state index in [1.807, 2.05) is 0 Å². The van der Waals surface area contributed by atoms with Crippen LogP contribution in [0.3, 0.4) is 0 Å². The van der Waals surface area contributed by atoms with E-state index >= 15 is 0 Å². The number of ether oxygens (including phenoxy) is 1. The number of hydrogen-bond acceptors (Lipinski definition) is 4. The molecule has 2 amide bonds. The molecule has 0 bridgehead atoms. The van der Waals surface area contributed by atoms with Crippen molar-refractivity contribution in [3.05, 3.63) is 0 Å². The van der Waals surface area contributed by atoms with E-state index in [1.165, 1.54) is 0 Å². The molecule has 1 saturated heterocycles. The van der Waals surface area contributed by atoms with E-state index in [1.54, 1.807) is 19.1 Å². The molecule has 0 spiro atoms. The van der Waals surface area contributed by atoms with Crippen molar-refractivity contribution in [3.8, 4) is 0 Å². The third-order valence-corrected chi connectivity index (χ3v) is 4.27. The molecule has 1 fully saturated rings. The summed E-state index contributed by atoms with van der Waals surface area (Å²) in [4.78, 5) is 26.1. The van der Waals surface area contributed by atoms with E-state index in [0.29, 0.717) is 13.2 Å². The van der Waals surface area contributed by atoms with Gasteiger partial charge in [-0.05, 0) is 38.8 Å². The molecule has 0 aliphatic carbocycles. The van der Waals surface area contributed by atoms with E-state index in [9.17, 15) is 9.59 Å². The molecule has 21 heavy (non-hydrogen) atoms. The smallest absolute Gasteiger partial charge is 0.239 e. The number of amides is 2. The molecule has 6 heteroatoms. The van der Waals surface area contributed by atoms with Crippen molar-refractivity contribution in [1.29, 1.82) is 0 Å². The summed E-state index contributed by atoms with van der Waals surface area (Å²) in [6.45, 7) is 5.13. The molecule has 0 aromatic heterocycles. The summed E-state index contributed by atoms with van der Waals surface area (Å²) < 4.78 is 4.93. The molecule has 0 aromatic rings. The van der Waals surface area contributed by atoms with Crippen LogP contribution in [0.25, 0.3) is 0 Å². The van der Waals surface area contributed by atoms with Gasteiger partial charge in [0.25, 0.3) is 0 Å². The third-order valence-electron chi connectivity index (χ3n) is 4.27. The first-order valence-electron chi connectivity index (χ1n) is 7.77. The molecule has 1 rings (SSSR count). The Morgan fingerprint density at radius 2 is 2.00 bits per heavy atom. The number of hydrogen-bond donors (Lipinski definition) is 2. The molecular formula is C15H29N3O3. The Morgan fingerprint density at radius 1 is 1.33 bits per heavy atom. The van der Waals surface area contributed by atoms with Gasteiger partial charge in [0.1, 0.15) is 0 Å². The lowest BCUT2D eigenvalue weighted by molar-refractivity contribution is -0.145. The van der Waals surface area contributed by atoms with Gasteiger partial charge < -0.3 is 20.3 Å². The number of nitrogens with zero attached hydrogens (tertiary/aromatic N) is 1. The van der Waals surface area contributed by atoms with Crippen LogP contribution in [0.4, 0.5) is 0 Å². The van der Waals surface area contributed by atoms with Crippen LogP contribution < -0.4 is 10.6 Å². The number of methoxy groups -OCH3 is 1. The fourth-order valence-electron chi connectivity index (χ4n) is 2.82. The second-order valence-corrected chi connectivity index (χ2v) is 5.74. The predicted molar refractivity (Wildman–Crippen MR) is 82.0 cm³/mol. The summed E-state index contributed by atoms with van der Waals surface area (Å²) in [5.74, 6) is -0.0133. The van der Waals surface area contributed by atoms with Gasteiger partial charge in [0.2, 0.25) is 11.8 Å². The van der Waals surface area contributed by atoms with E-state index < -0.39 is 0 Å². The van der Waals surface area contributed by atoms with Gasteiger partial charge in [-0.2, -0.15) is 0 Å². The van der Waals surface area contributed by atoms with Crippen LogP contribution in [0.15, 0.2) is 0 Å². The Balaban J connectivity index is 2.43. The van der Waals surface area contributed by atoms with Crippen LogP contribution >= 0.6 is 0 Å². The molecule has 1 aliphatic rings. The predicted octanol–water partition coefficient (Wildman–Crippen LogP) is 0.377. The van der Waals surface area contributed by atoms with E-state index in [4.69, 9.17) is 4.74 Å². The molecule has 0 aromatic carbocycles. The zero-order chi connectivity index (χ0) is 15.7. The zero-order valence-electron chi connectivity index (χ0n) is 13.5. The van der Waals surface area contributed by atoms with Gasteiger partial charge in [-0.25, -0.2) is 0 Å². The first kappa shape index (κ1) is 17.9. The van der Waals surface area contributed by atoms with Crippen molar-refractivity contribution in [2.45, 2.75) is 32.6 Å². The lowest BCUT2D eigenvalue weighted by Gasteiger charge is -2.38. The standard InChI is InChI=1S/C15H29N3O3/c1-4-15(6-9-16-10-7-15)14(20)18(2)12-13(19)17-8-5-11-21-3/h16H,4-12H2,1-3H3,(H,17,19).